The maximum Gasteiger partial charge on any atom is 0.243 e. The van der Waals surface area contributed by atoms with E-state index in [4.69, 9.17) is 14.7 Å². The molecule has 2 aromatic heterocycles. The molecule has 7 heteroatoms. The molecule has 1 aliphatic rings. The van der Waals surface area contributed by atoms with E-state index in [1.54, 1.807) is 6.20 Å². The number of nitrogens with one attached hydrogen (secondary N) is 1. The minimum Gasteiger partial charge on any atom is -0.494 e. The van der Waals surface area contributed by atoms with Crippen LogP contribution in [-0.4, -0.2) is 40.1 Å². The summed E-state index contributed by atoms with van der Waals surface area (Å²) in [5, 5.41) is 4.04. The van der Waals surface area contributed by atoms with Crippen molar-refractivity contribution < 1.29 is 9.53 Å². The zero-order valence-electron chi connectivity index (χ0n) is 17.7. The summed E-state index contributed by atoms with van der Waals surface area (Å²) in [6, 6.07) is 7.53. The Morgan fingerprint density at radius 1 is 1.27 bits per heavy atom. The van der Waals surface area contributed by atoms with Crippen molar-refractivity contribution in [2.75, 3.05) is 18.1 Å². The second-order valence-electron chi connectivity index (χ2n) is 7.59. The van der Waals surface area contributed by atoms with E-state index in [0.717, 1.165) is 52.9 Å². The monoisotopic (exact) mass is 405 g/mol. The van der Waals surface area contributed by atoms with Gasteiger partial charge in [0, 0.05) is 30.9 Å². The van der Waals surface area contributed by atoms with E-state index in [1.807, 2.05) is 56.1 Å². The lowest BCUT2D eigenvalue weighted by atomic mass is 10.1. The van der Waals surface area contributed by atoms with Crippen LogP contribution < -0.4 is 15.0 Å². The lowest BCUT2D eigenvalue weighted by Gasteiger charge is -2.24. The van der Waals surface area contributed by atoms with Crippen molar-refractivity contribution in [3.8, 4) is 5.75 Å². The Morgan fingerprint density at radius 2 is 2.13 bits per heavy atom. The molecule has 1 amide bonds. The van der Waals surface area contributed by atoms with Crippen LogP contribution in [0.5, 0.6) is 5.75 Å². The number of carbonyl (C=O) groups is 1. The third-order valence-corrected chi connectivity index (χ3v) is 5.56. The van der Waals surface area contributed by atoms with Gasteiger partial charge in [-0.1, -0.05) is 0 Å². The Labute approximate surface area is 176 Å². The van der Waals surface area contributed by atoms with Gasteiger partial charge in [0.1, 0.15) is 11.8 Å². The van der Waals surface area contributed by atoms with Crippen LogP contribution in [0.1, 0.15) is 36.6 Å². The summed E-state index contributed by atoms with van der Waals surface area (Å²) >= 11 is 0. The number of amides is 1. The number of ether oxygens (including phenoxy) is 1. The standard InChI is InChI=1S/C23H27N5O2/c1-4-30-18-7-8-20-19(12-18)16(3)26-23(27-20)28-11-5-6-21(28)22(29)25-14-17-9-10-24-13-15(17)2/h7-10,12-13,21H,4-6,11,14H2,1-3H3,(H,25,29). The van der Waals surface area contributed by atoms with Gasteiger partial charge in [0.25, 0.3) is 0 Å². The minimum atomic E-state index is -0.258. The van der Waals surface area contributed by atoms with E-state index in [0.29, 0.717) is 19.1 Å². The molecule has 0 radical (unpaired) electrons. The normalized spacial score (nSPS) is 16.1. The average Bonchev–Trinajstić information content (AvgIpc) is 3.23. The molecule has 0 bridgehead atoms. The van der Waals surface area contributed by atoms with Gasteiger partial charge in [-0.3, -0.25) is 9.78 Å². The second kappa shape index (κ2) is 8.65. The molecular formula is C23H27N5O2. The van der Waals surface area contributed by atoms with Crippen LogP contribution in [0.2, 0.25) is 0 Å². The van der Waals surface area contributed by atoms with Gasteiger partial charge in [-0.25, -0.2) is 9.97 Å². The SMILES string of the molecule is CCOc1ccc2nc(N3CCCC3C(=O)NCc3ccncc3C)nc(C)c2c1. The highest BCUT2D eigenvalue weighted by molar-refractivity contribution is 5.87. The van der Waals surface area contributed by atoms with Gasteiger partial charge >= 0.3 is 0 Å². The van der Waals surface area contributed by atoms with Crippen LogP contribution in [0, 0.1) is 13.8 Å². The highest BCUT2D eigenvalue weighted by Crippen LogP contribution is 2.28. The van der Waals surface area contributed by atoms with Crippen molar-refractivity contribution in [2.45, 2.75) is 46.2 Å². The molecule has 3 aromatic rings. The fourth-order valence-electron chi connectivity index (χ4n) is 3.91. The molecule has 0 aliphatic carbocycles. The lowest BCUT2D eigenvalue weighted by molar-refractivity contribution is -0.122. The first-order valence-electron chi connectivity index (χ1n) is 10.4. The highest BCUT2D eigenvalue weighted by atomic mass is 16.5. The molecule has 30 heavy (non-hydrogen) atoms. The smallest absolute Gasteiger partial charge is 0.243 e. The van der Waals surface area contributed by atoms with Crippen molar-refractivity contribution in [3.63, 3.8) is 0 Å². The molecule has 4 rings (SSSR count). The van der Waals surface area contributed by atoms with E-state index in [2.05, 4.69) is 10.3 Å². The zero-order valence-corrected chi connectivity index (χ0v) is 17.7. The lowest BCUT2D eigenvalue weighted by Crippen LogP contribution is -2.43. The van der Waals surface area contributed by atoms with E-state index < -0.39 is 0 Å². The first-order chi connectivity index (χ1) is 14.6. The molecule has 156 valence electrons. The third kappa shape index (κ3) is 4.06. The van der Waals surface area contributed by atoms with E-state index in [1.165, 1.54) is 0 Å². The van der Waals surface area contributed by atoms with Crippen LogP contribution in [0.3, 0.4) is 0 Å². The molecule has 1 fully saturated rings. The average molecular weight is 406 g/mol. The molecule has 3 heterocycles. The Morgan fingerprint density at radius 3 is 2.93 bits per heavy atom. The predicted molar refractivity (Wildman–Crippen MR) is 117 cm³/mol. The number of hydrogen-bond acceptors (Lipinski definition) is 6. The van der Waals surface area contributed by atoms with Gasteiger partial charge in [-0.15, -0.1) is 0 Å². The van der Waals surface area contributed by atoms with Crippen LogP contribution in [0.4, 0.5) is 5.95 Å². The summed E-state index contributed by atoms with van der Waals surface area (Å²) in [4.78, 5) is 28.5. The van der Waals surface area contributed by atoms with Crippen LogP contribution >= 0.6 is 0 Å². The highest BCUT2D eigenvalue weighted by Gasteiger charge is 2.32. The number of benzene rings is 1. The number of fused-ring (bicyclic) bond motifs is 1. The van der Waals surface area contributed by atoms with Crippen molar-refractivity contribution in [2.24, 2.45) is 0 Å². The molecule has 1 saturated heterocycles. The van der Waals surface area contributed by atoms with Gasteiger partial charge in [-0.2, -0.15) is 0 Å². The Hall–Kier alpha value is -3.22. The fraction of sp³-hybridized carbons (Fsp3) is 0.391. The number of aromatic nitrogens is 3. The molecule has 1 unspecified atom stereocenters. The van der Waals surface area contributed by atoms with Crippen molar-refractivity contribution in [1.29, 1.82) is 0 Å². The number of carbonyl (C=O) groups excluding carboxylic acids is 1. The van der Waals surface area contributed by atoms with Gasteiger partial charge < -0.3 is 15.0 Å². The zero-order chi connectivity index (χ0) is 21.1. The number of rotatable bonds is 6. The Kier molecular flexibility index (Phi) is 5.79. The molecule has 0 spiro atoms. The number of hydrogen-bond donors (Lipinski definition) is 1. The molecule has 0 saturated carbocycles. The largest absolute Gasteiger partial charge is 0.494 e. The number of anilines is 1. The van der Waals surface area contributed by atoms with Crippen molar-refractivity contribution in [3.05, 3.63) is 53.5 Å². The Bertz CT molecular complexity index is 1070. The van der Waals surface area contributed by atoms with Gasteiger partial charge in [-0.05, 0) is 69.0 Å². The van der Waals surface area contributed by atoms with Crippen molar-refractivity contribution in [1.82, 2.24) is 20.3 Å². The van der Waals surface area contributed by atoms with Crippen LogP contribution in [0.25, 0.3) is 10.9 Å². The molecule has 1 aliphatic heterocycles. The number of nitrogens with zero attached hydrogens (tertiary/aromatic N) is 4. The fourth-order valence-corrected chi connectivity index (χ4v) is 3.91. The summed E-state index contributed by atoms with van der Waals surface area (Å²) in [6.07, 6.45) is 5.30. The van der Waals surface area contributed by atoms with Gasteiger partial charge in [0.15, 0.2) is 0 Å². The molecule has 1 aromatic carbocycles. The maximum atomic E-state index is 12.9. The quantitative estimate of drug-likeness (QED) is 0.678. The third-order valence-electron chi connectivity index (χ3n) is 5.56. The molecule has 1 N–H and O–H groups in total. The van der Waals surface area contributed by atoms with Gasteiger partial charge in [0.2, 0.25) is 11.9 Å². The Balaban J connectivity index is 1.54. The van der Waals surface area contributed by atoms with E-state index in [-0.39, 0.29) is 11.9 Å². The second-order valence-corrected chi connectivity index (χ2v) is 7.59. The number of aryl methyl sites for hydroxylation is 2. The summed E-state index contributed by atoms with van der Waals surface area (Å²) in [6.45, 7) is 7.82. The van der Waals surface area contributed by atoms with E-state index >= 15 is 0 Å². The number of pyridine rings is 1. The van der Waals surface area contributed by atoms with Gasteiger partial charge in [0.05, 0.1) is 17.8 Å². The minimum absolute atomic E-state index is 0.0109. The molecule has 7 nitrogen and oxygen atoms in total. The first kappa shape index (κ1) is 20.1. The predicted octanol–water partition coefficient (Wildman–Crippen LogP) is 3.33. The summed E-state index contributed by atoms with van der Waals surface area (Å²) in [5.74, 6) is 1.44. The summed E-state index contributed by atoms with van der Waals surface area (Å²) in [7, 11) is 0. The van der Waals surface area contributed by atoms with E-state index in [9.17, 15) is 4.79 Å². The topological polar surface area (TPSA) is 80.2 Å². The molecular weight excluding hydrogens is 378 g/mol. The summed E-state index contributed by atoms with van der Waals surface area (Å²) < 4.78 is 5.60. The molecule has 1 atom stereocenters. The summed E-state index contributed by atoms with van der Waals surface area (Å²) in [5.41, 5.74) is 3.89. The first-order valence-corrected chi connectivity index (χ1v) is 10.4. The maximum absolute atomic E-state index is 12.9. The van der Waals surface area contributed by atoms with Crippen molar-refractivity contribution >= 4 is 22.8 Å². The van der Waals surface area contributed by atoms with Crippen LogP contribution in [-0.2, 0) is 11.3 Å². The van der Waals surface area contributed by atoms with Crippen LogP contribution in [0.15, 0.2) is 36.7 Å².